The third-order valence-corrected chi connectivity index (χ3v) is 6.61. The van der Waals surface area contributed by atoms with Gasteiger partial charge in [0.15, 0.2) is 0 Å². The van der Waals surface area contributed by atoms with Crippen LogP contribution in [0.4, 0.5) is 5.69 Å². The molecule has 0 bridgehead atoms. The number of nitrogens with two attached hydrogens (primary N) is 1. The van der Waals surface area contributed by atoms with Crippen LogP contribution >= 0.6 is 22.7 Å². The van der Waals surface area contributed by atoms with E-state index in [1.807, 2.05) is 6.92 Å². The molecule has 0 amide bonds. The van der Waals surface area contributed by atoms with Crippen molar-refractivity contribution in [2.45, 2.75) is 17.0 Å². The number of hydrogen-bond acceptors (Lipinski definition) is 7. The Hall–Kier alpha value is -1.51. The maximum Gasteiger partial charge on any atom is 0.211 e. The molecule has 0 atom stereocenters. The molecule has 0 aliphatic heterocycles. The monoisotopic (exact) mass is 325 g/mol. The lowest BCUT2D eigenvalue weighted by molar-refractivity contribution is 0.594. The van der Waals surface area contributed by atoms with Crippen molar-refractivity contribution in [1.82, 2.24) is 9.97 Å². The zero-order chi connectivity index (χ0) is 14.3. The third kappa shape index (κ3) is 2.54. The Balaban J connectivity index is 2.00. The number of aromatic nitrogens is 2. The zero-order valence-corrected chi connectivity index (χ0v) is 13.0. The number of nitrogens with zero attached hydrogens (tertiary/aromatic N) is 2. The van der Waals surface area contributed by atoms with Crippen LogP contribution in [0.1, 0.15) is 10.7 Å². The standard InChI is InChI=1S/C12H11N3O2S3/c1-7-14-9(5-18-7)6-20(16,17)12-15-10-3-2-8(13)4-11(10)19-12/h2-5H,6,13H2,1H3. The molecular weight excluding hydrogens is 314 g/mol. The number of rotatable bonds is 3. The van der Waals surface area contributed by atoms with Gasteiger partial charge in [-0.25, -0.2) is 18.4 Å². The van der Waals surface area contributed by atoms with Gasteiger partial charge in [-0.15, -0.1) is 22.7 Å². The fourth-order valence-electron chi connectivity index (χ4n) is 1.78. The largest absolute Gasteiger partial charge is 0.399 e. The summed E-state index contributed by atoms with van der Waals surface area (Å²) in [5.74, 6) is -0.118. The van der Waals surface area contributed by atoms with Crippen molar-refractivity contribution < 1.29 is 8.42 Å². The first-order valence-corrected chi connectivity index (χ1v) is 9.09. The van der Waals surface area contributed by atoms with E-state index >= 15 is 0 Å². The summed E-state index contributed by atoms with van der Waals surface area (Å²) in [5.41, 5.74) is 7.50. The summed E-state index contributed by atoms with van der Waals surface area (Å²) >= 11 is 2.58. The molecule has 2 N–H and O–H groups in total. The van der Waals surface area contributed by atoms with Crippen molar-refractivity contribution in [3.63, 3.8) is 0 Å². The summed E-state index contributed by atoms with van der Waals surface area (Å²) in [5, 5.41) is 2.62. The van der Waals surface area contributed by atoms with Crippen LogP contribution < -0.4 is 5.73 Å². The molecule has 0 radical (unpaired) electrons. The first kappa shape index (κ1) is 13.5. The molecule has 2 aromatic heterocycles. The molecule has 0 spiro atoms. The minimum absolute atomic E-state index is 0.115. The van der Waals surface area contributed by atoms with E-state index < -0.39 is 9.84 Å². The Labute approximate surface area is 124 Å². The Morgan fingerprint density at radius 3 is 2.80 bits per heavy atom. The summed E-state index contributed by atoms with van der Waals surface area (Å²) in [7, 11) is -3.46. The van der Waals surface area contributed by atoms with Gasteiger partial charge in [-0.05, 0) is 25.1 Å². The maximum absolute atomic E-state index is 12.3. The molecule has 3 aromatic rings. The number of aryl methyl sites for hydroxylation is 1. The van der Waals surface area contributed by atoms with Crippen LogP contribution in [-0.2, 0) is 15.6 Å². The van der Waals surface area contributed by atoms with Gasteiger partial charge < -0.3 is 5.73 Å². The molecule has 0 saturated heterocycles. The van der Waals surface area contributed by atoms with Crippen LogP contribution in [0.5, 0.6) is 0 Å². The summed E-state index contributed by atoms with van der Waals surface area (Å²) in [4.78, 5) is 8.36. The zero-order valence-electron chi connectivity index (χ0n) is 10.5. The molecular formula is C12H11N3O2S3. The molecule has 0 unspecified atom stereocenters. The molecule has 5 nitrogen and oxygen atoms in total. The molecule has 1 aromatic carbocycles. The smallest absolute Gasteiger partial charge is 0.211 e. The lowest BCUT2D eigenvalue weighted by atomic mass is 10.3. The van der Waals surface area contributed by atoms with Gasteiger partial charge >= 0.3 is 0 Å². The Kier molecular flexibility index (Phi) is 3.23. The quantitative estimate of drug-likeness (QED) is 0.748. The van der Waals surface area contributed by atoms with E-state index in [0.29, 0.717) is 16.9 Å². The third-order valence-electron chi connectivity index (χ3n) is 2.66. The van der Waals surface area contributed by atoms with E-state index in [9.17, 15) is 8.42 Å². The SMILES string of the molecule is Cc1nc(CS(=O)(=O)c2nc3ccc(N)cc3s2)cs1. The van der Waals surface area contributed by atoms with Crippen molar-refractivity contribution in [2.24, 2.45) is 0 Å². The number of benzene rings is 1. The molecule has 0 aliphatic carbocycles. The van der Waals surface area contributed by atoms with Gasteiger partial charge in [-0.1, -0.05) is 0 Å². The highest BCUT2D eigenvalue weighted by molar-refractivity contribution is 7.92. The van der Waals surface area contributed by atoms with Gasteiger partial charge in [0, 0.05) is 11.1 Å². The Morgan fingerprint density at radius 2 is 2.10 bits per heavy atom. The lowest BCUT2D eigenvalue weighted by Crippen LogP contribution is -2.04. The van der Waals surface area contributed by atoms with Gasteiger partial charge in [-0.2, -0.15) is 0 Å². The Morgan fingerprint density at radius 1 is 1.30 bits per heavy atom. The summed E-state index contributed by atoms with van der Waals surface area (Å²) < 4.78 is 25.6. The second-order valence-electron chi connectivity index (χ2n) is 4.32. The average Bonchev–Trinajstić information content (AvgIpc) is 2.95. The van der Waals surface area contributed by atoms with E-state index in [-0.39, 0.29) is 10.1 Å². The first-order chi connectivity index (χ1) is 9.44. The van der Waals surface area contributed by atoms with E-state index in [2.05, 4.69) is 9.97 Å². The summed E-state index contributed by atoms with van der Waals surface area (Å²) in [6, 6.07) is 5.18. The normalized spacial score (nSPS) is 12.1. The van der Waals surface area contributed by atoms with Crippen LogP contribution in [0.3, 0.4) is 0 Å². The van der Waals surface area contributed by atoms with Crippen LogP contribution in [0, 0.1) is 6.92 Å². The number of thiazole rings is 2. The van der Waals surface area contributed by atoms with Gasteiger partial charge in [-0.3, -0.25) is 0 Å². The fraction of sp³-hybridized carbons (Fsp3) is 0.167. The fourth-order valence-corrected chi connectivity index (χ4v) is 5.10. The second kappa shape index (κ2) is 4.80. The van der Waals surface area contributed by atoms with Crippen molar-refractivity contribution >= 4 is 48.4 Å². The van der Waals surface area contributed by atoms with Gasteiger partial charge in [0.1, 0.15) is 5.75 Å². The van der Waals surface area contributed by atoms with E-state index in [0.717, 1.165) is 21.0 Å². The molecule has 2 heterocycles. The molecule has 0 aliphatic rings. The van der Waals surface area contributed by atoms with Crippen molar-refractivity contribution in [3.05, 3.63) is 34.3 Å². The highest BCUT2D eigenvalue weighted by atomic mass is 32.2. The van der Waals surface area contributed by atoms with Crippen molar-refractivity contribution in [3.8, 4) is 0 Å². The van der Waals surface area contributed by atoms with Gasteiger partial charge in [0.05, 0.1) is 20.9 Å². The molecule has 104 valence electrons. The maximum atomic E-state index is 12.3. The molecule has 0 fully saturated rings. The minimum atomic E-state index is -3.46. The minimum Gasteiger partial charge on any atom is -0.399 e. The van der Waals surface area contributed by atoms with Gasteiger partial charge in [0.25, 0.3) is 0 Å². The Bertz CT molecular complexity index is 880. The second-order valence-corrected chi connectivity index (χ2v) is 8.58. The number of anilines is 1. The van der Waals surface area contributed by atoms with E-state index in [1.54, 1.807) is 23.6 Å². The lowest BCUT2D eigenvalue weighted by Gasteiger charge is -1.96. The predicted molar refractivity (Wildman–Crippen MR) is 81.8 cm³/mol. The van der Waals surface area contributed by atoms with E-state index in [1.165, 1.54) is 11.3 Å². The number of fused-ring (bicyclic) bond motifs is 1. The van der Waals surface area contributed by atoms with Crippen LogP contribution in [0.25, 0.3) is 10.2 Å². The topological polar surface area (TPSA) is 85.9 Å². The molecule has 3 rings (SSSR count). The van der Waals surface area contributed by atoms with E-state index in [4.69, 9.17) is 5.73 Å². The summed E-state index contributed by atoms with van der Waals surface area (Å²) in [6.07, 6.45) is 0. The predicted octanol–water partition coefficient (Wildman–Crippen LogP) is 2.62. The van der Waals surface area contributed by atoms with Crippen molar-refractivity contribution in [1.29, 1.82) is 0 Å². The van der Waals surface area contributed by atoms with Crippen LogP contribution in [0.15, 0.2) is 27.9 Å². The number of sulfone groups is 1. The highest BCUT2D eigenvalue weighted by Crippen LogP contribution is 2.29. The van der Waals surface area contributed by atoms with Gasteiger partial charge in [0.2, 0.25) is 14.2 Å². The average molecular weight is 325 g/mol. The molecule has 20 heavy (non-hydrogen) atoms. The molecule has 0 saturated carbocycles. The highest BCUT2D eigenvalue weighted by Gasteiger charge is 2.21. The van der Waals surface area contributed by atoms with Crippen molar-refractivity contribution in [2.75, 3.05) is 5.73 Å². The number of nitrogen functional groups attached to an aromatic ring is 1. The van der Waals surface area contributed by atoms with Crippen LogP contribution in [0.2, 0.25) is 0 Å². The number of hydrogen-bond donors (Lipinski definition) is 1. The van der Waals surface area contributed by atoms with Crippen LogP contribution in [-0.4, -0.2) is 18.4 Å². The summed E-state index contributed by atoms with van der Waals surface area (Å²) in [6.45, 7) is 1.85. The first-order valence-electron chi connectivity index (χ1n) is 5.74. The molecule has 8 heteroatoms.